The van der Waals surface area contributed by atoms with Gasteiger partial charge in [-0.05, 0) is 64.5 Å². The van der Waals surface area contributed by atoms with Crippen molar-refractivity contribution in [3.8, 4) is 0 Å². The van der Waals surface area contributed by atoms with Gasteiger partial charge in [-0.2, -0.15) is 0 Å². The number of cyclic esters (lactones) is 1. The molecule has 3 aliphatic rings. The van der Waals surface area contributed by atoms with Gasteiger partial charge in [-0.3, -0.25) is 19.2 Å². The fourth-order valence-electron chi connectivity index (χ4n) is 6.64. The van der Waals surface area contributed by atoms with Gasteiger partial charge in [0.1, 0.15) is 24.1 Å². The Labute approximate surface area is 252 Å². The zero-order valence-corrected chi connectivity index (χ0v) is 26.7. The molecule has 2 saturated heterocycles. The van der Waals surface area contributed by atoms with E-state index in [1.807, 2.05) is 25.3 Å². The average molecular weight is 604 g/mol. The molecule has 232 valence electrons. The van der Waals surface area contributed by atoms with Crippen molar-refractivity contribution in [3.63, 3.8) is 0 Å². The van der Waals surface area contributed by atoms with Crippen molar-refractivity contribution in [2.24, 2.45) is 17.3 Å². The average Bonchev–Trinajstić information content (AvgIpc) is 3.39. The number of fused-ring (bicyclic) bond motifs is 3. The van der Waals surface area contributed by atoms with Crippen molar-refractivity contribution in [1.82, 2.24) is 4.98 Å². The van der Waals surface area contributed by atoms with Crippen LogP contribution >= 0.6 is 11.3 Å². The van der Waals surface area contributed by atoms with E-state index in [2.05, 4.69) is 11.9 Å². The van der Waals surface area contributed by atoms with Crippen LogP contribution in [-0.4, -0.2) is 58.7 Å². The molecule has 2 bridgehead atoms. The van der Waals surface area contributed by atoms with Crippen LogP contribution in [-0.2, 0) is 38.1 Å². The third-order valence-corrected chi connectivity index (χ3v) is 10.1. The lowest BCUT2D eigenvalue weighted by Crippen LogP contribution is -2.56. The van der Waals surface area contributed by atoms with Gasteiger partial charge in [-0.15, -0.1) is 11.3 Å². The summed E-state index contributed by atoms with van der Waals surface area (Å²) in [6.45, 7) is 12.9. The highest BCUT2D eigenvalue weighted by Crippen LogP contribution is 2.49. The van der Waals surface area contributed by atoms with Crippen LogP contribution in [0.25, 0.3) is 6.08 Å². The molecule has 0 N–H and O–H groups in total. The number of carbonyl (C=O) groups excluding carboxylic acids is 4. The lowest BCUT2D eigenvalue weighted by atomic mass is 9.60. The number of thiazole rings is 1. The van der Waals surface area contributed by atoms with E-state index in [9.17, 15) is 19.2 Å². The third-order valence-electron chi connectivity index (χ3n) is 9.31. The quantitative estimate of drug-likeness (QED) is 0.227. The van der Waals surface area contributed by atoms with Crippen molar-refractivity contribution in [1.29, 1.82) is 0 Å². The maximum absolute atomic E-state index is 14.0. The van der Waals surface area contributed by atoms with Crippen molar-refractivity contribution >= 4 is 41.1 Å². The largest absolute Gasteiger partial charge is 0.461 e. The molecule has 0 radical (unpaired) electrons. The number of hydrogen-bond acceptors (Lipinski definition) is 10. The van der Waals surface area contributed by atoms with Crippen molar-refractivity contribution in [3.05, 3.63) is 21.7 Å². The minimum Gasteiger partial charge on any atom is -0.461 e. The molecule has 42 heavy (non-hydrogen) atoms. The summed E-state index contributed by atoms with van der Waals surface area (Å²) in [7, 11) is 0. The van der Waals surface area contributed by atoms with Gasteiger partial charge in [0.15, 0.2) is 0 Å². The highest BCUT2D eigenvalue weighted by atomic mass is 32.1. The normalized spacial score (nSPS) is 35.8. The number of esters is 3. The molecule has 1 aromatic rings. The number of epoxide rings is 1. The predicted octanol–water partition coefficient (Wildman–Crippen LogP) is 5.76. The van der Waals surface area contributed by atoms with E-state index in [1.54, 1.807) is 39.0 Å². The lowest BCUT2D eigenvalue weighted by Gasteiger charge is -2.47. The van der Waals surface area contributed by atoms with Crippen molar-refractivity contribution in [2.75, 3.05) is 0 Å². The highest BCUT2D eigenvalue weighted by Gasteiger charge is 2.57. The van der Waals surface area contributed by atoms with Gasteiger partial charge in [-0.1, -0.05) is 27.2 Å². The number of ether oxygens (including phenoxy) is 4. The van der Waals surface area contributed by atoms with Crippen molar-refractivity contribution < 1.29 is 38.1 Å². The molecule has 0 spiro atoms. The second-order valence-corrected chi connectivity index (χ2v) is 13.6. The van der Waals surface area contributed by atoms with Gasteiger partial charge in [0.25, 0.3) is 0 Å². The Bertz CT molecular complexity index is 1220. The molecular formula is C32H45NO8S. The Morgan fingerprint density at radius 3 is 2.50 bits per heavy atom. The molecule has 3 fully saturated rings. The van der Waals surface area contributed by atoms with Gasteiger partial charge in [0.05, 0.1) is 40.2 Å². The van der Waals surface area contributed by atoms with E-state index in [0.29, 0.717) is 19.3 Å². The molecule has 1 saturated carbocycles. The summed E-state index contributed by atoms with van der Waals surface area (Å²) in [5.41, 5.74) is 0.155. The Morgan fingerprint density at radius 1 is 1.17 bits per heavy atom. The fraction of sp³-hybridized carbons (Fsp3) is 0.719. The number of carbonyl (C=O) groups is 4. The van der Waals surface area contributed by atoms with Crippen LogP contribution in [0.2, 0.25) is 0 Å². The summed E-state index contributed by atoms with van der Waals surface area (Å²) < 4.78 is 23.9. The van der Waals surface area contributed by atoms with Gasteiger partial charge >= 0.3 is 17.9 Å². The Kier molecular flexibility index (Phi) is 9.97. The van der Waals surface area contributed by atoms with Gasteiger partial charge in [0, 0.05) is 24.6 Å². The Balaban J connectivity index is 1.68. The molecule has 1 aromatic heterocycles. The first-order valence-corrected chi connectivity index (χ1v) is 16.1. The fourth-order valence-corrected chi connectivity index (χ4v) is 7.21. The Hall–Kier alpha value is -2.59. The standard InChI is InChI=1S/C32H45NO8S/c1-8-26(34)39-24-15-28(36)38-23(18(3)13-22-17-42-20(5)33-22)14-25-32(7,41-25)12-10-11-21-16-31(24,6)30(37)19(4)29(21)40-27(35)9-2/h13,17,19,21,23-25,29H,8-12,14-16H2,1-7H3/b18-13+/t19-,21-,23+,24+,25+,29-,31+,32-/m1/s1. The second kappa shape index (κ2) is 13.0. The van der Waals surface area contributed by atoms with E-state index in [4.69, 9.17) is 18.9 Å². The lowest BCUT2D eigenvalue weighted by molar-refractivity contribution is -0.179. The number of aryl methyl sites for hydroxylation is 1. The predicted molar refractivity (Wildman–Crippen MR) is 157 cm³/mol. The number of Topliss-reactive ketones (excluding diaryl/α,β-unsaturated/α-hetero) is 1. The van der Waals surface area contributed by atoms with Crippen molar-refractivity contribution in [2.45, 2.75) is 130 Å². The summed E-state index contributed by atoms with van der Waals surface area (Å²) in [5, 5.41) is 2.90. The second-order valence-electron chi connectivity index (χ2n) is 12.6. The number of nitrogens with zero attached hydrogens (tertiary/aromatic N) is 1. The number of hydrogen-bond donors (Lipinski definition) is 0. The van der Waals surface area contributed by atoms with Crippen LogP contribution < -0.4 is 0 Å². The minimum absolute atomic E-state index is 0.0849. The first-order chi connectivity index (χ1) is 19.8. The SMILES string of the molecule is CCC(=O)O[C@H]1[C@@H]2CCC[C@@]3(C)O[C@H]3C[C@@H](/C(C)=C/c3csc(C)n3)OC(=O)C[C@H](OC(=O)CC)[C@](C)(C2)C(=O)[C@@H]1C. The van der Waals surface area contributed by atoms with Gasteiger partial charge < -0.3 is 18.9 Å². The topological polar surface area (TPSA) is 121 Å². The van der Waals surface area contributed by atoms with Crippen LogP contribution in [0.3, 0.4) is 0 Å². The van der Waals surface area contributed by atoms with E-state index < -0.39 is 41.6 Å². The summed E-state index contributed by atoms with van der Waals surface area (Å²) in [6, 6.07) is 0. The molecule has 9 nitrogen and oxygen atoms in total. The first-order valence-electron chi connectivity index (χ1n) is 15.2. The van der Waals surface area contributed by atoms with Gasteiger partial charge in [0.2, 0.25) is 0 Å². The molecule has 10 heteroatoms. The molecule has 8 atom stereocenters. The zero-order chi connectivity index (χ0) is 30.8. The molecule has 1 aliphatic carbocycles. The van der Waals surface area contributed by atoms with E-state index in [-0.39, 0.29) is 48.6 Å². The minimum atomic E-state index is -1.14. The summed E-state index contributed by atoms with van der Waals surface area (Å²) in [6.07, 6.45) is 2.90. The van der Waals surface area contributed by atoms with Crippen LogP contribution in [0.4, 0.5) is 0 Å². The summed E-state index contributed by atoms with van der Waals surface area (Å²) >= 11 is 1.55. The molecule has 4 rings (SSSR count). The molecule has 0 aromatic carbocycles. The number of rotatable bonds is 6. The zero-order valence-electron chi connectivity index (χ0n) is 25.9. The molecule has 3 heterocycles. The Morgan fingerprint density at radius 2 is 1.86 bits per heavy atom. The monoisotopic (exact) mass is 603 g/mol. The third kappa shape index (κ3) is 7.13. The molecule has 0 amide bonds. The van der Waals surface area contributed by atoms with Crippen LogP contribution in [0, 0.1) is 24.2 Å². The summed E-state index contributed by atoms with van der Waals surface area (Å²) in [5.74, 6) is -2.31. The number of ketones is 1. The van der Waals surface area contributed by atoms with Crippen LogP contribution in [0.5, 0.6) is 0 Å². The maximum Gasteiger partial charge on any atom is 0.310 e. The van der Waals surface area contributed by atoms with E-state index >= 15 is 0 Å². The number of aromatic nitrogens is 1. The molecule has 0 unspecified atom stereocenters. The summed E-state index contributed by atoms with van der Waals surface area (Å²) in [4.78, 5) is 57.0. The molecule has 2 aliphatic heterocycles. The molecular weight excluding hydrogens is 558 g/mol. The van der Waals surface area contributed by atoms with Crippen LogP contribution in [0.1, 0.15) is 104 Å². The van der Waals surface area contributed by atoms with Crippen LogP contribution in [0.15, 0.2) is 11.0 Å². The first kappa shape index (κ1) is 32.3. The van der Waals surface area contributed by atoms with E-state index in [0.717, 1.165) is 29.1 Å². The maximum atomic E-state index is 14.0. The van der Waals surface area contributed by atoms with Gasteiger partial charge in [-0.25, -0.2) is 4.98 Å². The van der Waals surface area contributed by atoms with E-state index in [1.165, 1.54) is 0 Å². The smallest absolute Gasteiger partial charge is 0.310 e. The highest BCUT2D eigenvalue weighted by molar-refractivity contribution is 7.09.